The van der Waals surface area contributed by atoms with E-state index in [0.717, 1.165) is 50.2 Å². The third-order valence-corrected chi connectivity index (χ3v) is 7.19. The summed E-state index contributed by atoms with van der Waals surface area (Å²) in [5, 5.41) is 3.50. The molecule has 0 spiro atoms. The first-order valence-corrected chi connectivity index (χ1v) is 12.9. The lowest BCUT2D eigenvalue weighted by Crippen LogP contribution is -2.30. The van der Waals surface area contributed by atoms with Gasteiger partial charge in [-0.05, 0) is 47.5 Å². The molecular weight excluding hydrogens is 530 g/mol. The summed E-state index contributed by atoms with van der Waals surface area (Å²) in [6.45, 7) is 3.32. The van der Waals surface area contributed by atoms with Gasteiger partial charge in [0.2, 0.25) is 5.91 Å². The molecule has 3 aromatic rings. The number of ether oxygens (including phenoxy) is 1. The molecule has 1 aliphatic rings. The molecule has 3 amide bonds. The first-order valence-electron chi connectivity index (χ1n) is 11.3. The predicted octanol–water partition coefficient (Wildman–Crippen LogP) is 4.97. The van der Waals surface area contributed by atoms with Gasteiger partial charge >= 0.3 is 0 Å². The molecule has 0 radical (unpaired) electrons. The zero-order valence-corrected chi connectivity index (χ0v) is 21.9. The first kappa shape index (κ1) is 25.2. The molecule has 1 fully saturated rings. The molecule has 9 heteroatoms. The van der Waals surface area contributed by atoms with Gasteiger partial charge in [-0.15, -0.1) is 0 Å². The minimum Gasteiger partial charge on any atom is -0.383 e. The highest BCUT2D eigenvalue weighted by Crippen LogP contribution is 2.35. The van der Waals surface area contributed by atoms with Crippen molar-refractivity contribution in [2.45, 2.75) is 26.4 Å². The zero-order chi connectivity index (χ0) is 24.9. The summed E-state index contributed by atoms with van der Waals surface area (Å²) in [6, 6.07) is 13.5. The number of imide groups is 1. The first-order chi connectivity index (χ1) is 16.9. The number of fused-ring (bicyclic) bond motifs is 1. The Bertz CT molecular complexity index is 1300. The number of benzene rings is 2. The minimum atomic E-state index is -0.312. The van der Waals surface area contributed by atoms with E-state index in [4.69, 9.17) is 4.74 Å². The van der Waals surface area contributed by atoms with Crippen LogP contribution in [0.25, 0.3) is 17.0 Å². The van der Waals surface area contributed by atoms with Crippen molar-refractivity contribution in [2.24, 2.45) is 0 Å². The topological polar surface area (TPSA) is 80.6 Å². The fourth-order valence-corrected chi connectivity index (χ4v) is 5.14. The summed E-state index contributed by atoms with van der Waals surface area (Å²) in [7, 11) is 1.59. The molecule has 0 atom stereocenters. The summed E-state index contributed by atoms with van der Waals surface area (Å²) >= 11 is 4.34. The van der Waals surface area contributed by atoms with E-state index in [1.807, 2.05) is 53.2 Å². The molecule has 4 rings (SSSR count). The number of amides is 3. The summed E-state index contributed by atoms with van der Waals surface area (Å²) in [6.07, 6.45) is 4.44. The average molecular weight is 556 g/mol. The quantitative estimate of drug-likeness (QED) is 0.298. The molecule has 0 saturated carbocycles. The summed E-state index contributed by atoms with van der Waals surface area (Å²) in [5.41, 5.74) is 3.74. The van der Waals surface area contributed by atoms with Gasteiger partial charge in [-0.1, -0.05) is 53.2 Å². The van der Waals surface area contributed by atoms with E-state index in [-0.39, 0.29) is 30.1 Å². The Labute approximate surface area is 216 Å². The van der Waals surface area contributed by atoms with Crippen molar-refractivity contribution in [3.63, 3.8) is 0 Å². The van der Waals surface area contributed by atoms with Crippen LogP contribution in [0.5, 0.6) is 0 Å². The number of carbonyl (C=O) groups excluding carboxylic acids is 3. The minimum absolute atomic E-state index is 0.119. The van der Waals surface area contributed by atoms with Crippen LogP contribution < -0.4 is 5.32 Å². The molecule has 35 heavy (non-hydrogen) atoms. The highest BCUT2D eigenvalue weighted by molar-refractivity contribution is 9.10. The SMILES string of the molecule is CCc1cccc2c(/C=C3\SC(=O)N(Cc4ccc(Br)cc4)C3=O)cn(CC(=O)NCCOC)c12. The zero-order valence-electron chi connectivity index (χ0n) is 19.5. The number of para-hydroxylation sites is 1. The predicted molar refractivity (Wildman–Crippen MR) is 142 cm³/mol. The van der Waals surface area contributed by atoms with Crippen LogP contribution in [0.15, 0.2) is 58.0 Å². The largest absolute Gasteiger partial charge is 0.383 e. The van der Waals surface area contributed by atoms with Crippen LogP contribution >= 0.6 is 27.7 Å². The number of aryl methyl sites for hydroxylation is 1. The molecule has 1 N–H and O–H groups in total. The van der Waals surface area contributed by atoms with Gasteiger partial charge in [0, 0.05) is 35.3 Å². The van der Waals surface area contributed by atoms with E-state index < -0.39 is 0 Å². The number of hydrogen-bond donors (Lipinski definition) is 1. The van der Waals surface area contributed by atoms with Gasteiger partial charge in [-0.2, -0.15) is 0 Å². The molecule has 0 unspecified atom stereocenters. The van der Waals surface area contributed by atoms with Crippen LogP contribution in [-0.4, -0.2) is 46.8 Å². The number of nitrogens with zero attached hydrogens (tertiary/aromatic N) is 2. The van der Waals surface area contributed by atoms with Crippen LogP contribution in [0, 0.1) is 0 Å². The second-order valence-corrected chi connectivity index (χ2v) is 10.0. The Morgan fingerprint density at radius 2 is 1.94 bits per heavy atom. The fraction of sp³-hybridized carbons (Fsp3) is 0.269. The molecule has 1 saturated heterocycles. The molecular formula is C26H26BrN3O4S. The molecule has 0 bridgehead atoms. The molecule has 1 aromatic heterocycles. The molecule has 0 aliphatic carbocycles. The third kappa shape index (κ3) is 5.69. The van der Waals surface area contributed by atoms with Gasteiger partial charge in [0.25, 0.3) is 11.1 Å². The lowest BCUT2D eigenvalue weighted by atomic mass is 10.1. The van der Waals surface area contributed by atoms with Crippen LogP contribution in [-0.2, 0) is 33.8 Å². The maximum Gasteiger partial charge on any atom is 0.293 e. The summed E-state index contributed by atoms with van der Waals surface area (Å²) in [4.78, 5) is 39.9. The van der Waals surface area contributed by atoms with Gasteiger partial charge in [-0.3, -0.25) is 19.3 Å². The molecule has 182 valence electrons. The average Bonchev–Trinajstić information content (AvgIpc) is 3.32. The van der Waals surface area contributed by atoms with E-state index >= 15 is 0 Å². The van der Waals surface area contributed by atoms with Crippen molar-refractivity contribution in [1.82, 2.24) is 14.8 Å². The number of thioether (sulfide) groups is 1. The van der Waals surface area contributed by atoms with Crippen LogP contribution in [0.3, 0.4) is 0 Å². The normalized spacial score (nSPS) is 14.9. The Hall–Kier alpha value is -2.88. The number of hydrogen-bond acceptors (Lipinski definition) is 5. The second-order valence-electron chi connectivity index (χ2n) is 8.12. The number of methoxy groups -OCH3 is 1. The number of nitrogens with one attached hydrogen (secondary N) is 1. The monoisotopic (exact) mass is 555 g/mol. The molecule has 2 aromatic carbocycles. The maximum atomic E-state index is 13.1. The van der Waals surface area contributed by atoms with Gasteiger partial charge in [0.05, 0.1) is 23.6 Å². The standard InChI is InChI=1S/C26H26BrN3O4S/c1-3-18-5-4-6-21-19(15-29(24(18)21)16-23(31)28-11-12-34-2)13-22-25(32)30(26(33)35-22)14-17-7-9-20(27)10-8-17/h4-10,13,15H,3,11-12,14,16H2,1-2H3,(H,28,31)/b22-13-. The van der Waals surface area contributed by atoms with Crippen LogP contribution in [0.4, 0.5) is 4.79 Å². The third-order valence-electron chi connectivity index (χ3n) is 5.75. The highest BCUT2D eigenvalue weighted by Gasteiger charge is 2.35. The molecule has 7 nitrogen and oxygen atoms in total. The van der Waals surface area contributed by atoms with Crippen LogP contribution in [0.2, 0.25) is 0 Å². The van der Waals surface area contributed by atoms with Crippen LogP contribution in [0.1, 0.15) is 23.6 Å². The lowest BCUT2D eigenvalue weighted by molar-refractivity contribution is -0.123. The summed E-state index contributed by atoms with van der Waals surface area (Å²) < 4.78 is 7.85. The second kappa shape index (κ2) is 11.2. The number of rotatable bonds is 9. The van der Waals surface area contributed by atoms with Crippen molar-refractivity contribution in [2.75, 3.05) is 20.3 Å². The fourth-order valence-electron chi connectivity index (χ4n) is 4.04. The number of halogens is 1. The van der Waals surface area contributed by atoms with E-state index in [0.29, 0.717) is 18.1 Å². The number of aromatic nitrogens is 1. The smallest absolute Gasteiger partial charge is 0.293 e. The van der Waals surface area contributed by atoms with Crippen molar-refractivity contribution < 1.29 is 19.1 Å². The maximum absolute atomic E-state index is 13.1. The Balaban J connectivity index is 1.63. The lowest BCUT2D eigenvalue weighted by Gasteiger charge is -2.12. The summed E-state index contributed by atoms with van der Waals surface area (Å²) in [5.74, 6) is -0.431. The highest BCUT2D eigenvalue weighted by atomic mass is 79.9. The Kier molecular flexibility index (Phi) is 8.10. The van der Waals surface area contributed by atoms with Gasteiger partial charge in [-0.25, -0.2) is 0 Å². The van der Waals surface area contributed by atoms with Crippen molar-refractivity contribution in [3.05, 3.63) is 74.7 Å². The van der Waals surface area contributed by atoms with E-state index in [1.165, 1.54) is 4.90 Å². The van der Waals surface area contributed by atoms with Crippen molar-refractivity contribution in [3.8, 4) is 0 Å². The van der Waals surface area contributed by atoms with Crippen molar-refractivity contribution in [1.29, 1.82) is 0 Å². The Morgan fingerprint density at radius 3 is 2.66 bits per heavy atom. The molecule has 1 aliphatic heterocycles. The number of carbonyl (C=O) groups is 3. The van der Waals surface area contributed by atoms with Gasteiger partial charge in [0.1, 0.15) is 6.54 Å². The van der Waals surface area contributed by atoms with Gasteiger partial charge in [0.15, 0.2) is 0 Å². The molecule has 2 heterocycles. The van der Waals surface area contributed by atoms with Crippen molar-refractivity contribution >= 4 is 61.7 Å². The van der Waals surface area contributed by atoms with E-state index in [9.17, 15) is 14.4 Å². The van der Waals surface area contributed by atoms with E-state index in [2.05, 4.69) is 28.2 Å². The Morgan fingerprint density at radius 1 is 1.17 bits per heavy atom. The van der Waals surface area contributed by atoms with Gasteiger partial charge < -0.3 is 14.6 Å². The van der Waals surface area contributed by atoms with E-state index in [1.54, 1.807) is 13.2 Å².